The van der Waals surface area contributed by atoms with Crippen molar-refractivity contribution in [2.45, 2.75) is 0 Å². The number of hydrogen-bond acceptors (Lipinski definition) is 4. The number of anilines is 1. The zero-order valence-electron chi connectivity index (χ0n) is 13.2. The molecule has 0 aliphatic carbocycles. The molecule has 0 unspecified atom stereocenters. The monoisotopic (exact) mass is 338 g/mol. The van der Waals surface area contributed by atoms with Crippen LogP contribution >= 0.6 is 11.3 Å². The number of aromatic nitrogens is 2. The lowest BCUT2D eigenvalue weighted by atomic mass is 10.1. The topological polar surface area (TPSA) is 52.2 Å². The maximum Gasteiger partial charge on any atom is 0.254 e. The maximum absolute atomic E-state index is 12.4. The number of amides is 1. The molecule has 1 N–H and O–H groups in total. The van der Waals surface area contributed by atoms with Crippen LogP contribution in [0.4, 0.5) is 5.82 Å². The van der Waals surface area contributed by atoms with Gasteiger partial charge in [-0.2, -0.15) is 16.4 Å². The van der Waals surface area contributed by atoms with Crippen LogP contribution < -0.4 is 4.90 Å². The number of rotatable bonds is 3. The summed E-state index contributed by atoms with van der Waals surface area (Å²) < 4.78 is 0. The van der Waals surface area contributed by atoms with Crippen LogP contribution in [0.2, 0.25) is 0 Å². The average molecular weight is 338 g/mol. The number of carbonyl (C=O) groups is 1. The summed E-state index contributed by atoms with van der Waals surface area (Å²) in [6, 6.07) is 14.1. The molecule has 0 bridgehead atoms. The highest BCUT2D eigenvalue weighted by Crippen LogP contribution is 2.22. The Morgan fingerprint density at radius 3 is 2.58 bits per heavy atom. The quantitative estimate of drug-likeness (QED) is 0.798. The highest BCUT2D eigenvalue weighted by atomic mass is 32.1. The number of nitrogens with zero attached hydrogens (tertiary/aromatic N) is 3. The summed E-state index contributed by atoms with van der Waals surface area (Å²) in [5, 5.41) is 11.4. The summed E-state index contributed by atoms with van der Waals surface area (Å²) in [4.78, 5) is 16.5. The zero-order chi connectivity index (χ0) is 16.4. The Kier molecular flexibility index (Phi) is 4.04. The van der Waals surface area contributed by atoms with E-state index in [0.29, 0.717) is 0 Å². The van der Waals surface area contributed by atoms with Crippen molar-refractivity contribution in [1.82, 2.24) is 15.1 Å². The first-order chi connectivity index (χ1) is 11.8. The van der Waals surface area contributed by atoms with Gasteiger partial charge in [-0.3, -0.25) is 9.89 Å². The molecule has 0 spiro atoms. The molecule has 1 aliphatic rings. The summed E-state index contributed by atoms with van der Waals surface area (Å²) in [5.74, 6) is 1.07. The van der Waals surface area contributed by atoms with E-state index in [1.807, 2.05) is 39.9 Å². The lowest BCUT2D eigenvalue weighted by molar-refractivity contribution is 0.0747. The molecule has 1 saturated heterocycles. The number of thiophene rings is 1. The normalized spacial score (nSPS) is 14.8. The molecule has 5 nitrogen and oxygen atoms in total. The molecule has 2 aromatic heterocycles. The molecule has 24 heavy (non-hydrogen) atoms. The van der Waals surface area contributed by atoms with Gasteiger partial charge in [-0.1, -0.05) is 30.3 Å². The minimum atomic E-state index is 0.128. The van der Waals surface area contributed by atoms with E-state index in [4.69, 9.17) is 0 Å². The number of carbonyl (C=O) groups excluding carboxylic acids is 1. The van der Waals surface area contributed by atoms with Gasteiger partial charge in [-0.25, -0.2) is 0 Å². The third-order valence-corrected chi connectivity index (χ3v) is 4.99. The highest BCUT2D eigenvalue weighted by Gasteiger charge is 2.23. The number of nitrogens with one attached hydrogen (secondary N) is 1. The Hall–Kier alpha value is -2.60. The molecule has 0 saturated carbocycles. The predicted octanol–water partition coefficient (Wildman–Crippen LogP) is 3.10. The lowest BCUT2D eigenvalue weighted by Crippen LogP contribution is -2.48. The highest BCUT2D eigenvalue weighted by molar-refractivity contribution is 7.08. The first-order valence-electron chi connectivity index (χ1n) is 7.98. The van der Waals surface area contributed by atoms with Crippen LogP contribution in [0.25, 0.3) is 11.3 Å². The van der Waals surface area contributed by atoms with Crippen LogP contribution in [0.15, 0.2) is 53.2 Å². The Labute approximate surface area is 144 Å². The summed E-state index contributed by atoms with van der Waals surface area (Å²) in [6.07, 6.45) is 0. The van der Waals surface area contributed by atoms with Gasteiger partial charge in [-0.05, 0) is 17.0 Å². The van der Waals surface area contributed by atoms with Crippen molar-refractivity contribution in [3.05, 3.63) is 58.8 Å². The molecule has 1 aromatic carbocycles. The van der Waals surface area contributed by atoms with Gasteiger partial charge in [0.25, 0.3) is 5.91 Å². The summed E-state index contributed by atoms with van der Waals surface area (Å²) in [5.41, 5.74) is 2.93. The van der Waals surface area contributed by atoms with Gasteiger partial charge in [0.15, 0.2) is 5.82 Å². The number of aromatic amines is 1. The van der Waals surface area contributed by atoms with E-state index in [2.05, 4.69) is 33.3 Å². The third-order valence-electron chi connectivity index (χ3n) is 4.31. The van der Waals surface area contributed by atoms with Crippen LogP contribution in [-0.2, 0) is 0 Å². The van der Waals surface area contributed by atoms with Gasteiger partial charge in [0.1, 0.15) is 0 Å². The average Bonchev–Trinajstić information content (AvgIpc) is 3.34. The van der Waals surface area contributed by atoms with E-state index in [1.165, 1.54) is 0 Å². The van der Waals surface area contributed by atoms with Gasteiger partial charge in [-0.15, -0.1) is 0 Å². The van der Waals surface area contributed by atoms with Crippen molar-refractivity contribution in [2.24, 2.45) is 0 Å². The minimum absolute atomic E-state index is 0.128. The Bertz CT molecular complexity index is 805. The van der Waals surface area contributed by atoms with E-state index < -0.39 is 0 Å². The van der Waals surface area contributed by atoms with Gasteiger partial charge >= 0.3 is 0 Å². The van der Waals surface area contributed by atoms with Gasteiger partial charge in [0.05, 0.1) is 11.3 Å². The van der Waals surface area contributed by atoms with Crippen molar-refractivity contribution >= 4 is 23.1 Å². The summed E-state index contributed by atoms with van der Waals surface area (Å²) >= 11 is 1.56. The van der Waals surface area contributed by atoms with Crippen molar-refractivity contribution in [1.29, 1.82) is 0 Å². The molecule has 122 valence electrons. The van der Waals surface area contributed by atoms with Crippen molar-refractivity contribution < 1.29 is 4.79 Å². The molecular formula is C18H18N4OS. The molecule has 1 aliphatic heterocycles. The van der Waals surface area contributed by atoms with Crippen LogP contribution in [0.5, 0.6) is 0 Å². The lowest BCUT2D eigenvalue weighted by Gasteiger charge is -2.34. The second kappa shape index (κ2) is 6.49. The van der Waals surface area contributed by atoms with E-state index in [-0.39, 0.29) is 5.91 Å². The second-order valence-electron chi connectivity index (χ2n) is 5.80. The smallest absolute Gasteiger partial charge is 0.254 e. The SMILES string of the molecule is O=C(c1ccsc1)N1CCN(c2cc(-c3ccccc3)[nH]n2)CC1. The molecule has 0 radical (unpaired) electrons. The summed E-state index contributed by atoms with van der Waals surface area (Å²) in [6.45, 7) is 3.05. The minimum Gasteiger partial charge on any atom is -0.352 e. The van der Waals surface area contributed by atoms with Gasteiger partial charge < -0.3 is 9.80 Å². The Morgan fingerprint density at radius 1 is 1.08 bits per heavy atom. The van der Waals surface area contributed by atoms with Crippen molar-refractivity contribution in [3.8, 4) is 11.3 Å². The Morgan fingerprint density at radius 2 is 1.88 bits per heavy atom. The first kappa shape index (κ1) is 15.0. The van der Waals surface area contributed by atoms with E-state index in [9.17, 15) is 4.79 Å². The molecule has 3 aromatic rings. The van der Waals surface area contributed by atoms with Gasteiger partial charge in [0.2, 0.25) is 0 Å². The maximum atomic E-state index is 12.4. The molecule has 0 atom stereocenters. The molecule has 3 heterocycles. The largest absolute Gasteiger partial charge is 0.352 e. The van der Waals surface area contributed by atoms with Crippen molar-refractivity contribution in [2.75, 3.05) is 31.1 Å². The fourth-order valence-electron chi connectivity index (χ4n) is 2.95. The van der Waals surface area contributed by atoms with E-state index >= 15 is 0 Å². The number of piperazine rings is 1. The van der Waals surface area contributed by atoms with Crippen LogP contribution in [0.1, 0.15) is 10.4 Å². The third kappa shape index (κ3) is 2.92. The number of H-pyrrole nitrogens is 1. The molecular weight excluding hydrogens is 320 g/mol. The second-order valence-corrected chi connectivity index (χ2v) is 6.58. The van der Waals surface area contributed by atoms with Crippen LogP contribution in [0.3, 0.4) is 0 Å². The van der Waals surface area contributed by atoms with Crippen molar-refractivity contribution in [3.63, 3.8) is 0 Å². The van der Waals surface area contributed by atoms with Gasteiger partial charge in [0, 0.05) is 37.6 Å². The van der Waals surface area contributed by atoms with E-state index in [0.717, 1.165) is 48.8 Å². The first-order valence-corrected chi connectivity index (χ1v) is 8.93. The number of hydrogen-bond donors (Lipinski definition) is 1. The van der Waals surface area contributed by atoms with Crippen LogP contribution in [-0.4, -0.2) is 47.2 Å². The molecule has 6 heteroatoms. The molecule has 1 fully saturated rings. The standard InChI is InChI=1S/C18H18N4OS/c23-18(15-6-11-24-13-15)22-9-7-21(8-10-22)17-12-16(19-20-17)14-4-2-1-3-5-14/h1-6,11-13H,7-10H2,(H,19,20). The zero-order valence-corrected chi connectivity index (χ0v) is 14.0. The predicted molar refractivity (Wildman–Crippen MR) is 96.5 cm³/mol. The summed E-state index contributed by atoms with van der Waals surface area (Å²) in [7, 11) is 0. The van der Waals surface area contributed by atoms with E-state index in [1.54, 1.807) is 11.3 Å². The molecule has 1 amide bonds. The number of benzene rings is 1. The van der Waals surface area contributed by atoms with Crippen LogP contribution in [0, 0.1) is 0 Å². The molecule has 4 rings (SSSR count). The fraction of sp³-hybridized carbons (Fsp3) is 0.222. The Balaban J connectivity index is 1.41. The fourth-order valence-corrected chi connectivity index (χ4v) is 3.58.